The molecule has 3 rings (SSSR count). The van der Waals surface area contributed by atoms with Crippen LogP contribution in [0.1, 0.15) is 23.6 Å². The quantitative estimate of drug-likeness (QED) is 0.556. The second-order valence-electron chi connectivity index (χ2n) is 7.25. The topological polar surface area (TPSA) is 84.7 Å². The average Bonchev–Trinajstić information content (AvgIpc) is 2.79. The summed E-state index contributed by atoms with van der Waals surface area (Å²) in [4.78, 5) is 26.0. The molecule has 0 saturated carbocycles. The van der Waals surface area contributed by atoms with E-state index in [2.05, 4.69) is 5.32 Å². The number of carbonyl (C=O) groups excluding carboxylic acids is 2. The molecule has 160 valence electrons. The molecule has 2 amide bonds. The first-order valence-corrected chi connectivity index (χ1v) is 10.1. The fraction of sp³-hybridized carbons (Fsp3) is 0.200. The third kappa shape index (κ3) is 6.97. The highest BCUT2D eigenvalue weighted by molar-refractivity contribution is 5.88. The van der Waals surface area contributed by atoms with Gasteiger partial charge in [0.25, 0.3) is 5.91 Å². The van der Waals surface area contributed by atoms with Crippen LogP contribution in [0.5, 0.6) is 5.75 Å². The normalized spacial score (nSPS) is 10.4. The van der Waals surface area contributed by atoms with E-state index in [0.29, 0.717) is 25.4 Å². The van der Waals surface area contributed by atoms with E-state index in [1.54, 1.807) is 4.90 Å². The van der Waals surface area contributed by atoms with Gasteiger partial charge in [-0.05, 0) is 41.0 Å². The Labute approximate surface area is 182 Å². The van der Waals surface area contributed by atoms with E-state index in [-0.39, 0.29) is 18.4 Å². The highest BCUT2D eigenvalue weighted by Gasteiger charge is 2.16. The maximum atomic E-state index is 13.0. The number of benzene rings is 3. The van der Waals surface area contributed by atoms with Crippen molar-refractivity contribution in [2.75, 3.05) is 11.9 Å². The Morgan fingerprint density at radius 1 is 0.871 bits per heavy atom. The number of rotatable bonds is 9. The fourth-order valence-electron chi connectivity index (χ4n) is 3.18. The number of amides is 2. The Morgan fingerprint density at radius 3 is 2.23 bits per heavy atom. The molecule has 31 heavy (non-hydrogen) atoms. The first-order valence-electron chi connectivity index (χ1n) is 10.1. The molecule has 3 aromatic rings. The summed E-state index contributed by atoms with van der Waals surface area (Å²) in [5, 5.41) is 2.75. The number of anilines is 1. The molecule has 0 aliphatic carbocycles. The number of hydrogen-bond donors (Lipinski definition) is 2. The molecule has 3 aromatic carbocycles. The summed E-state index contributed by atoms with van der Waals surface area (Å²) < 4.78 is 5.67. The molecule has 0 spiro atoms. The van der Waals surface area contributed by atoms with Crippen LogP contribution in [-0.4, -0.2) is 23.3 Å². The van der Waals surface area contributed by atoms with Crippen LogP contribution in [0.15, 0.2) is 78.9 Å². The zero-order valence-corrected chi connectivity index (χ0v) is 17.6. The van der Waals surface area contributed by atoms with Crippen molar-refractivity contribution in [3.63, 3.8) is 0 Å². The summed E-state index contributed by atoms with van der Waals surface area (Å²) in [6, 6.07) is 24.7. The van der Waals surface area contributed by atoms with Crippen molar-refractivity contribution in [3.8, 4) is 5.75 Å². The van der Waals surface area contributed by atoms with E-state index in [9.17, 15) is 9.59 Å². The minimum atomic E-state index is -0.123. The lowest BCUT2D eigenvalue weighted by Gasteiger charge is -2.23. The number of nitrogens with two attached hydrogens (primary N) is 1. The number of ether oxygens (including phenoxy) is 1. The maximum Gasteiger partial charge on any atom is 0.261 e. The van der Waals surface area contributed by atoms with E-state index in [1.165, 1.54) is 6.92 Å². The Hall–Kier alpha value is -3.64. The van der Waals surface area contributed by atoms with Gasteiger partial charge in [-0.15, -0.1) is 0 Å². The average molecular weight is 418 g/mol. The van der Waals surface area contributed by atoms with Gasteiger partial charge in [0.15, 0.2) is 6.61 Å². The van der Waals surface area contributed by atoms with Gasteiger partial charge < -0.3 is 20.7 Å². The molecule has 6 nitrogen and oxygen atoms in total. The molecule has 0 atom stereocenters. The molecule has 0 aliphatic rings. The van der Waals surface area contributed by atoms with Crippen LogP contribution < -0.4 is 15.8 Å². The second kappa shape index (κ2) is 10.9. The SMILES string of the molecule is CC(=O)Nc1ccc(CN(Cc2cccc(CN)c2)C(=O)COc2ccccc2)cc1. The summed E-state index contributed by atoms with van der Waals surface area (Å²) in [6.07, 6.45) is 0. The van der Waals surface area contributed by atoms with Gasteiger partial charge >= 0.3 is 0 Å². The molecule has 0 unspecified atom stereocenters. The smallest absolute Gasteiger partial charge is 0.261 e. The van der Waals surface area contributed by atoms with Gasteiger partial charge in [-0.3, -0.25) is 9.59 Å². The van der Waals surface area contributed by atoms with Crippen molar-refractivity contribution in [3.05, 3.63) is 95.6 Å². The molecular weight excluding hydrogens is 390 g/mol. The molecular formula is C25H27N3O3. The van der Waals surface area contributed by atoms with E-state index >= 15 is 0 Å². The molecule has 0 bridgehead atoms. The van der Waals surface area contributed by atoms with Crippen LogP contribution in [0.4, 0.5) is 5.69 Å². The van der Waals surface area contributed by atoms with Crippen molar-refractivity contribution >= 4 is 17.5 Å². The molecule has 0 saturated heterocycles. The summed E-state index contributed by atoms with van der Waals surface area (Å²) in [5.74, 6) is 0.413. The highest BCUT2D eigenvalue weighted by atomic mass is 16.5. The van der Waals surface area contributed by atoms with Crippen molar-refractivity contribution in [1.29, 1.82) is 0 Å². The number of hydrogen-bond acceptors (Lipinski definition) is 4. The first-order chi connectivity index (χ1) is 15.0. The van der Waals surface area contributed by atoms with Crippen molar-refractivity contribution in [2.45, 2.75) is 26.6 Å². The third-order valence-corrected chi connectivity index (χ3v) is 4.71. The van der Waals surface area contributed by atoms with Gasteiger partial charge in [0.1, 0.15) is 5.75 Å². The standard InChI is InChI=1S/C25H27N3O3/c1-19(29)27-23-12-10-20(11-13-23)16-28(17-22-7-5-6-21(14-22)15-26)25(30)18-31-24-8-3-2-4-9-24/h2-14H,15-18,26H2,1H3,(H,27,29). The van der Waals surface area contributed by atoms with E-state index in [4.69, 9.17) is 10.5 Å². The minimum absolute atomic E-state index is 0.0510. The number of nitrogens with one attached hydrogen (secondary N) is 1. The van der Waals surface area contributed by atoms with Crippen LogP contribution in [0.2, 0.25) is 0 Å². The Kier molecular flexibility index (Phi) is 7.79. The largest absolute Gasteiger partial charge is 0.484 e. The molecule has 0 radical (unpaired) electrons. The van der Waals surface area contributed by atoms with Crippen LogP contribution >= 0.6 is 0 Å². The lowest BCUT2D eigenvalue weighted by atomic mass is 10.1. The van der Waals surface area contributed by atoms with Gasteiger partial charge in [-0.1, -0.05) is 54.6 Å². The molecule has 3 N–H and O–H groups in total. The van der Waals surface area contributed by atoms with Gasteiger partial charge in [0, 0.05) is 32.2 Å². The lowest BCUT2D eigenvalue weighted by molar-refractivity contribution is -0.134. The molecule has 0 aromatic heterocycles. The summed E-state index contributed by atoms with van der Waals surface area (Å²) in [7, 11) is 0. The number of carbonyl (C=O) groups is 2. The summed E-state index contributed by atoms with van der Waals surface area (Å²) in [6.45, 7) is 2.73. The minimum Gasteiger partial charge on any atom is -0.484 e. The Morgan fingerprint density at radius 2 is 1.55 bits per heavy atom. The van der Waals surface area contributed by atoms with Gasteiger partial charge in [0.05, 0.1) is 0 Å². The van der Waals surface area contributed by atoms with Crippen LogP contribution in [0.3, 0.4) is 0 Å². The van der Waals surface area contributed by atoms with Crippen molar-refractivity contribution < 1.29 is 14.3 Å². The molecule has 0 heterocycles. The summed E-state index contributed by atoms with van der Waals surface area (Å²) in [5.41, 5.74) is 9.46. The predicted octanol–water partition coefficient (Wildman–Crippen LogP) is 3.71. The Bertz CT molecular complexity index is 1000. The zero-order chi connectivity index (χ0) is 22.1. The zero-order valence-electron chi connectivity index (χ0n) is 17.6. The van der Waals surface area contributed by atoms with E-state index in [0.717, 1.165) is 22.4 Å². The lowest BCUT2D eigenvalue weighted by Crippen LogP contribution is -2.34. The second-order valence-corrected chi connectivity index (χ2v) is 7.25. The van der Waals surface area contributed by atoms with Gasteiger partial charge in [0.2, 0.25) is 5.91 Å². The van der Waals surface area contributed by atoms with Crippen LogP contribution in [0.25, 0.3) is 0 Å². The van der Waals surface area contributed by atoms with Gasteiger partial charge in [-0.25, -0.2) is 0 Å². The summed E-state index contributed by atoms with van der Waals surface area (Å²) >= 11 is 0. The first kappa shape index (κ1) is 22.1. The fourth-order valence-corrected chi connectivity index (χ4v) is 3.18. The Balaban J connectivity index is 1.74. The van der Waals surface area contributed by atoms with E-state index in [1.807, 2.05) is 78.9 Å². The van der Waals surface area contributed by atoms with Crippen LogP contribution in [-0.2, 0) is 29.2 Å². The molecule has 0 aliphatic heterocycles. The molecule has 0 fully saturated rings. The maximum absolute atomic E-state index is 13.0. The molecule has 6 heteroatoms. The third-order valence-electron chi connectivity index (χ3n) is 4.71. The van der Waals surface area contributed by atoms with E-state index < -0.39 is 0 Å². The van der Waals surface area contributed by atoms with Crippen LogP contribution in [0, 0.1) is 0 Å². The van der Waals surface area contributed by atoms with Crippen molar-refractivity contribution in [2.24, 2.45) is 5.73 Å². The van der Waals surface area contributed by atoms with Gasteiger partial charge in [-0.2, -0.15) is 0 Å². The van der Waals surface area contributed by atoms with Crippen molar-refractivity contribution in [1.82, 2.24) is 4.90 Å². The number of nitrogens with zero attached hydrogens (tertiary/aromatic N) is 1. The number of para-hydroxylation sites is 1. The predicted molar refractivity (Wildman–Crippen MR) is 121 cm³/mol. The monoisotopic (exact) mass is 417 g/mol. The highest BCUT2D eigenvalue weighted by Crippen LogP contribution is 2.16.